The molecule has 0 aromatic carbocycles. The summed E-state index contributed by atoms with van der Waals surface area (Å²) in [4.78, 5) is 19.0. The topological polar surface area (TPSA) is 120 Å². The molecule has 3 heterocycles. The van der Waals surface area contributed by atoms with Crippen molar-refractivity contribution in [3.63, 3.8) is 0 Å². The van der Waals surface area contributed by atoms with Crippen LogP contribution in [0.2, 0.25) is 0 Å². The van der Waals surface area contributed by atoms with Crippen molar-refractivity contribution in [2.24, 2.45) is 0 Å². The Morgan fingerprint density at radius 3 is 2.44 bits per heavy atom. The minimum absolute atomic E-state index is 0.00956. The Balaban J connectivity index is 1.50. The summed E-state index contributed by atoms with van der Waals surface area (Å²) >= 11 is 0. The number of nitrogens with one attached hydrogen (secondary N) is 1. The van der Waals surface area contributed by atoms with Gasteiger partial charge in [0.05, 0.1) is 11.5 Å². The number of anilines is 1. The maximum atomic E-state index is 12.7. The molecular weight excluding hydrogens is 454 g/mol. The van der Waals surface area contributed by atoms with Crippen LogP contribution < -0.4 is 10.2 Å². The van der Waals surface area contributed by atoms with E-state index < -0.39 is 32.0 Å². The van der Waals surface area contributed by atoms with Crippen molar-refractivity contribution in [3.05, 3.63) is 24.4 Å². The van der Waals surface area contributed by atoms with Crippen molar-refractivity contribution in [2.75, 3.05) is 55.7 Å². The summed E-state index contributed by atoms with van der Waals surface area (Å²) in [5.41, 5.74) is 0. The number of carbonyl (C=O) groups excluding carboxylic acids is 1. The highest BCUT2D eigenvalue weighted by Gasteiger charge is 2.36. The van der Waals surface area contributed by atoms with Crippen molar-refractivity contribution in [3.8, 4) is 0 Å². The van der Waals surface area contributed by atoms with Crippen LogP contribution in [-0.4, -0.2) is 93.2 Å². The molecule has 1 unspecified atom stereocenters. The summed E-state index contributed by atoms with van der Waals surface area (Å²) in [5, 5.41) is 2.66. The normalized spacial score (nSPS) is 21.4. The highest BCUT2D eigenvalue weighted by Crippen LogP contribution is 2.21. The van der Waals surface area contributed by atoms with E-state index in [1.54, 1.807) is 13.1 Å². The van der Waals surface area contributed by atoms with Gasteiger partial charge in [-0.15, -0.1) is 0 Å². The van der Waals surface area contributed by atoms with Crippen LogP contribution in [0, 0.1) is 0 Å². The van der Waals surface area contributed by atoms with Crippen LogP contribution in [0.1, 0.15) is 32.6 Å². The van der Waals surface area contributed by atoms with Gasteiger partial charge in [-0.1, -0.05) is 19.4 Å². The monoisotopic (exact) mass is 487 g/mol. The molecule has 2 aliphatic heterocycles. The Hall–Kier alpha value is -1.76. The third kappa shape index (κ3) is 6.18. The van der Waals surface area contributed by atoms with E-state index in [0.29, 0.717) is 45.6 Å². The number of amides is 1. The Labute approximate surface area is 191 Å². The molecule has 0 spiro atoms. The molecule has 1 N–H and O–H groups in total. The summed E-state index contributed by atoms with van der Waals surface area (Å²) in [5.74, 6) is 0.207. The summed E-state index contributed by atoms with van der Waals surface area (Å²) in [6.45, 7) is 3.90. The minimum Gasteiger partial charge on any atom is -0.354 e. The molecule has 1 atom stereocenters. The van der Waals surface area contributed by atoms with Gasteiger partial charge in [0.2, 0.25) is 26.0 Å². The van der Waals surface area contributed by atoms with Gasteiger partial charge < -0.3 is 10.2 Å². The van der Waals surface area contributed by atoms with E-state index in [-0.39, 0.29) is 18.1 Å². The van der Waals surface area contributed by atoms with Crippen LogP contribution in [0.3, 0.4) is 0 Å². The molecule has 3 rings (SSSR count). The van der Waals surface area contributed by atoms with Crippen LogP contribution in [0.4, 0.5) is 5.82 Å². The lowest BCUT2D eigenvalue weighted by atomic mass is 10.0. The molecule has 1 amide bonds. The Bertz CT molecular complexity index is 963. The minimum atomic E-state index is -3.53. The molecule has 0 radical (unpaired) electrons. The number of aromatic nitrogens is 1. The van der Waals surface area contributed by atoms with Gasteiger partial charge in [0.25, 0.3) is 0 Å². The van der Waals surface area contributed by atoms with Crippen molar-refractivity contribution >= 4 is 31.8 Å². The first-order valence-corrected chi connectivity index (χ1v) is 14.4. The highest BCUT2D eigenvalue weighted by atomic mass is 32.2. The quantitative estimate of drug-likeness (QED) is 0.530. The van der Waals surface area contributed by atoms with Crippen LogP contribution in [0.15, 0.2) is 24.4 Å². The van der Waals surface area contributed by atoms with E-state index >= 15 is 0 Å². The number of piperazine rings is 1. The van der Waals surface area contributed by atoms with Gasteiger partial charge in [-0.25, -0.2) is 21.8 Å². The third-order valence-electron chi connectivity index (χ3n) is 5.84. The molecule has 10 nitrogen and oxygen atoms in total. The number of hydrogen-bond acceptors (Lipinski definition) is 7. The Morgan fingerprint density at radius 2 is 1.78 bits per heavy atom. The number of pyridine rings is 1. The first-order valence-electron chi connectivity index (χ1n) is 11.2. The number of hydrogen-bond donors (Lipinski definition) is 1. The van der Waals surface area contributed by atoms with Crippen molar-refractivity contribution in [1.82, 2.24) is 18.9 Å². The summed E-state index contributed by atoms with van der Waals surface area (Å²) < 4.78 is 53.2. The SMILES string of the molecule is CCCS(=O)(=O)N1CCCCC1C(=O)NCCS(=O)(=O)N1CCN(c2ccccn2)CC1. The lowest BCUT2D eigenvalue weighted by Gasteiger charge is -2.35. The molecule has 0 bridgehead atoms. The largest absolute Gasteiger partial charge is 0.354 e. The molecule has 2 fully saturated rings. The fraction of sp³-hybridized carbons (Fsp3) is 0.700. The van der Waals surface area contributed by atoms with E-state index in [2.05, 4.69) is 10.3 Å². The number of nitrogens with zero attached hydrogens (tertiary/aromatic N) is 4. The third-order valence-corrected chi connectivity index (χ3v) is 9.79. The van der Waals surface area contributed by atoms with Crippen LogP contribution in [0.25, 0.3) is 0 Å². The molecule has 32 heavy (non-hydrogen) atoms. The molecule has 2 aliphatic rings. The fourth-order valence-electron chi connectivity index (χ4n) is 4.16. The summed E-state index contributed by atoms with van der Waals surface area (Å²) in [6.07, 6.45) is 4.15. The van der Waals surface area contributed by atoms with E-state index in [9.17, 15) is 21.6 Å². The molecule has 0 aliphatic carbocycles. The maximum absolute atomic E-state index is 12.7. The second-order valence-corrected chi connectivity index (χ2v) is 12.2. The number of sulfonamides is 2. The number of piperidine rings is 1. The summed E-state index contributed by atoms with van der Waals surface area (Å²) in [7, 11) is -7.02. The zero-order chi connectivity index (χ0) is 23.2. The molecule has 1 aromatic rings. The molecule has 1 aromatic heterocycles. The van der Waals surface area contributed by atoms with Gasteiger partial charge in [0.1, 0.15) is 11.9 Å². The van der Waals surface area contributed by atoms with E-state index in [4.69, 9.17) is 0 Å². The molecule has 12 heteroatoms. The average Bonchev–Trinajstić information content (AvgIpc) is 2.79. The average molecular weight is 488 g/mol. The second-order valence-electron chi connectivity index (χ2n) is 8.12. The molecule has 0 saturated carbocycles. The Morgan fingerprint density at radius 1 is 1.03 bits per heavy atom. The van der Waals surface area contributed by atoms with Gasteiger partial charge in [-0.2, -0.15) is 8.61 Å². The second kappa shape index (κ2) is 10.9. The zero-order valence-electron chi connectivity index (χ0n) is 18.5. The smallest absolute Gasteiger partial charge is 0.238 e. The molecular formula is C20H33N5O5S2. The van der Waals surface area contributed by atoms with E-state index in [0.717, 1.165) is 18.7 Å². The standard InChI is InChI=1S/C20H33N5O5S2/c1-2-16-32(29,30)25-11-6-4-7-18(25)20(26)22-10-17-31(27,28)24-14-12-23(13-15-24)19-8-3-5-9-21-19/h3,5,8-9,18H,2,4,6-7,10-17H2,1H3,(H,22,26). The van der Waals surface area contributed by atoms with Gasteiger partial charge in [-0.05, 0) is 31.4 Å². The summed E-state index contributed by atoms with van der Waals surface area (Å²) in [6, 6.07) is 4.87. The zero-order valence-corrected chi connectivity index (χ0v) is 20.2. The lowest BCUT2D eigenvalue weighted by molar-refractivity contribution is -0.125. The fourth-order valence-corrected chi connectivity index (χ4v) is 7.25. The van der Waals surface area contributed by atoms with Crippen molar-refractivity contribution < 1.29 is 21.6 Å². The molecule has 180 valence electrons. The van der Waals surface area contributed by atoms with Gasteiger partial charge in [0, 0.05) is 45.5 Å². The highest BCUT2D eigenvalue weighted by molar-refractivity contribution is 7.89. The van der Waals surface area contributed by atoms with Gasteiger partial charge in [0.15, 0.2) is 0 Å². The predicted octanol–water partition coefficient (Wildman–Crippen LogP) is 0.244. The predicted molar refractivity (Wildman–Crippen MR) is 123 cm³/mol. The lowest BCUT2D eigenvalue weighted by Crippen LogP contribution is -2.53. The van der Waals surface area contributed by atoms with Crippen LogP contribution in [-0.2, 0) is 24.8 Å². The maximum Gasteiger partial charge on any atom is 0.238 e. The first kappa shape index (κ1) is 24.9. The van der Waals surface area contributed by atoms with Crippen LogP contribution >= 0.6 is 0 Å². The molecule has 2 saturated heterocycles. The number of rotatable bonds is 9. The van der Waals surface area contributed by atoms with Crippen molar-refractivity contribution in [1.29, 1.82) is 0 Å². The Kier molecular flexibility index (Phi) is 8.48. The van der Waals surface area contributed by atoms with Gasteiger partial charge >= 0.3 is 0 Å². The van der Waals surface area contributed by atoms with Crippen molar-refractivity contribution in [2.45, 2.75) is 38.6 Å². The van der Waals surface area contributed by atoms with Crippen LogP contribution in [0.5, 0.6) is 0 Å². The van der Waals surface area contributed by atoms with Gasteiger partial charge in [-0.3, -0.25) is 4.79 Å². The number of carbonyl (C=O) groups is 1. The van der Waals surface area contributed by atoms with E-state index in [1.807, 2.05) is 23.1 Å². The van der Waals surface area contributed by atoms with E-state index in [1.165, 1.54) is 8.61 Å². The first-order chi connectivity index (χ1) is 15.2.